The summed E-state index contributed by atoms with van der Waals surface area (Å²) in [6.07, 6.45) is 0.728. The summed E-state index contributed by atoms with van der Waals surface area (Å²) in [5, 5.41) is 0. The van der Waals surface area contributed by atoms with Crippen LogP contribution in [0.2, 0.25) is 0 Å². The van der Waals surface area contributed by atoms with E-state index in [1.165, 1.54) is 10.6 Å². The van der Waals surface area contributed by atoms with Gasteiger partial charge in [-0.3, -0.25) is 4.79 Å². The van der Waals surface area contributed by atoms with Crippen LogP contribution in [0.15, 0.2) is 0 Å². The summed E-state index contributed by atoms with van der Waals surface area (Å²) < 4.78 is 29.6. The molecule has 0 aromatic rings. The van der Waals surface area contributed by atoms with Crippen molar-refractivity contribution < 1.29 is 17.9 Å². The molecule has 1 aliphatic rings. The van der Waals surface area contributed by atoms with E-state index in [0.29, 0.717) is 38.7 Å². The molecule has 0 spiro atoms. The Hall–Kier alpha value is -0.660. The highest BCUT2D eigenvalue weighted by Gasteiger charge is 2.28. The zero-order chi connectivity index (χ0) is 14.6. The quantitative estimate of drug-likeness (QED) is 0.723. The maximum atomic E-state index is 12.1. The Morgan fingerprint density at radius 3 is 2.11 bits per heavy atom. The number of amides is 1. The third kappa shape index (κ3) is 5.08. The zero-order valence-corrected chi connectivity index (χ0v) is 12.9. The fourth-order valence-corrected chi connectivity index (χ4v) is 2.73. The molecular formula is C12H24N2O4S. The van der Waals surface area contributed by atoms with Crippen molar-refractivity contribution in [1.29, 1.82) is 0 Å². The fourth-order valence-electron chi connectivity index (χ4n) is 1.91. The molecule has 0 N–H and O–H groups in total. The van der Waals surface area contributed by atoms with Gasteiger partial charge in [-0.1, -0.05) is 13.8 Å². The summed E-state index contributed by atoms with van der Waals surface area (Å²) in [5.41, 5.74) is 0. The number of hydrogen-bond donors (Lipinski definition) is 0. The Morgan fingerprint density at radius 2 is 1.68 bits per heavy atom. The molecule has 19 heavy (non-hydrogen) atoms. The third-order valence-electron chi connectivity index (χ3n) is 3.05. The molecule has 0 aromatic carbocycles. The van der Waals surface area contributed by atoms with Crippen LogP contribution in [-0.2, 0) is 19.6 Å². The lowest BCUT2D eigenvalue weighted by Crippen LogP contribution is -2.52. The molecule has 0 aromatic heterocycles. The first-order valence-corrected chi connectivity index (χ1v) is 8.42. The topological polar surface area (TPSA) is 66.9 Å². The Labute approximate surface area is 115 Å². The van der Waals surface area contributed by atoms with Crippen LogP contribution in [0, 0.1) is 5.92 Å². The van der Waals surface area contributed by atoms with E-state index in [2.05, 4.69) is 0 Å². The second-order valence-electron chi connectivity index (χ2n) is 5.36. The number of carbonyl (C=O) groups excluding carboxylic acids is 1. The van der Waals surface area contributed by atoms with Crippen molar-refractivity contribution in [1.82, 2.24) is 9.21 Å². The molecule has 1 amide bonds. The molecule has 1 heterocycles. The maximum Gasteiger partial charge on any atom is 0.251 e. The average Bonchev–Trinajstić information content (AvgIpc) is 2.34. The van der Waals surface area contributed by atoms with E-state index in [-0.39, 0.29) is 5.91 Å². The summed E-state index contributed by atoms with van der Waals surface area (Å²) >= 11 is 0. The molecule has 1 rings (SSSR count). The minimum Gasteiger partial charge on any atom is -0.368 e. The summed E-state index contributed by atoms with van der Waals surface area (Å²) in [6.45, 7) is 7.94. The molecule has 0 aliphatic carbocycles. The third-order valence-corrected chi connectivity index (χ3v) is 4.35. The number of nitrogens with zero attached hydrogens (tertiary/aromatic N) is 2. The Balaban J connectivity index is 2.44. The zero-order valence-electron chi connectivity index (χ0n) is 12.1. The van der Waals surface area contributed by atoms with Crippen molar-refractivity contribution in [2.24, 2.45) is 5.92 Å². The van der Waals surface area contributed by atoms with Crippen molar-refractivity contribution >= 4 is 15.9 Å². The number of carbonyl (C=O) groups is 1. The standard InChI is InChI=1S/C12H24N2O4S/c1-10(2)9-18-11(3)12(15)13-5-7-14(8-6-13)19(4,16)17/h10-11H,5-9H2,1-4H3. The van der Waals surface area contributed by atoms with Gasteiger partial charge in [0.1, 0.15) is 6.10 Å². The van der Waals surface area contributed by atoms with E-state index < -0.39 is 16.1 Å². The summed E-state index contributed by atoms with van der Waals surface area (Å²) in [7, 11) is -3.15. The molecule has 0 radical (unpaired) electrons. The van der Waals surface area contributed by atoms with Crippen LogP contribution in [-0.4, -0.2) is 68.7 Å². The van der Waals surface area contributed by atoms with Gasteiger partial charge in [-0.15, -0.1) is 0 Å². The lowest BCUT2D eigenvalue weighted by atomic mass is 10.2. The van der Waals surface area contributed by atoms with Gasteiger partial charge in [0.05, 0.1) is 6.26 Å². The van der Waals surface area contributed by atoms with Gasteiger partial charge in [0.15, 0.2) is 0 Å². The van der Waals surface area contributed by atoms with E-state index in [0.717, 1.165) is 0 Å². The second kappa shape index (κ2) is 6.67. The first-order chi connectivity index (χ1) is 8.71. The van der Waals surface area contributed by atoms with E-state index >= 15 is 0 Å². The smallest absolute Gasteiger partial charge is 0.251 e. The van der Waals surface area contributed by atoms with Crippen molar-refractivity contribution in [3.05, 3.63) is 0 Å². The van der Waals surface area contributed by atoms with Gasteiger partial charge < -0.3 is 9.64 Å². The first kappa shape index (κ1) is 16.4. The van der Waals surface area contributed by atoms with Crippen LogP contribution in [0.3, 0.4) is 0 Å². The highest BCUT2D eigenvalue weighted by molar-refractivity contribution is 7.88. The van der Waals surface area contributed by atoms with Crippen molar-refractivity contribution in [2.75, 3.05) is 39.0 Å². The normalized spacial score (nSPS) is 19.7. The summed E-state index contributed by atoms with van der Waals surface area (Å²) in [4.78, 5) is 13.8. The van der Waals surface area contributed by atoms with Gasteiger partial charge in [-0.05, 0) is 12.8 Å². The Morgan fingerprint density at radius 1 is 1.16 bits per heavy atom. The molecule has 0 saturated carbocycles. The van der Waals surface area contributed by atoms with Crippen LogP contribution in [0.1, 0.15) is 20.8 Å². The van der Waals surface area contributed by atoms with E-state index in [1.54, 1.807) is 11.8 Å². The molecule has 0 bridgehead atoms. The van der Waals surface area contributed by atoms with E-state index in [9.17, 15) is 13.2 Å². The van der Waals surface area contributed by atoms with Crippen LogP contribution >= 0.6 is 0 Å². The fraction of sp³-hybridized carbons (Fsp3) is 0.917. The van der Waals surface area contributed by atoms with E-state index in [4.69, 9.17) is 4.74 Å². The molecule has 1 atom stereocenters. The minimum absolute atomic E-state index is 0.0613. The molecule has 1 fully saturated rings. The lowest BCUT2D eigenvalue weighted by molar-refractivity contribution is -0.144. The SMILES string of the molecule is CC(C)COC(C)C(=O)N1CCN(S(C)(=O)=O)CC1. The predicted octanol–water partition coefficient (Wildman–Crippen LogP) is 0.151. The van der Waals surface area contributed by atoms with Crippen molar-refractivity contribution in [2.45, 2.75) is 26.9 Å². The van der Waals surface area contributed by atoms with Crippen molar-refractivity contribution in [3.63, 3.8) is 0 Å². The molecule has 1 saturated heterocycles. The number of rotatable bonds is 5. The van der Waals surface area contributed by atoms with Gasteiger partial charge in [0, 0.05) is 32.8 Å². The molecule has 6 nitrogen and oxygen atoms in total. The van der Waals surface area contributed by atoms with Crippen LogP contribution in [0.4, 0.5) is 0 Å². The van der Waals surface area contributed by atoms with Gasteiger partial charge in [0.25, 0.3) is 5.91 Å². The van der Waals surface area contributed by atoms with Crippen LogP contribution in [0.25, 0.3) is 0 Å². The van der Waals surface area contributed by atoms with E-state index in [1.807, 2.05) is 13.8 Å². The van der Waals surface area contributed by atoms with Crippen molar-refractivity contribution in [3.8, 4) is 0 Å². The van der Waals surface area contributed by atoms with Crippen LogP contribution in [0.5, 0.6) is 0 Å². The average molecular weight is 292 g/mol. The Bertz CT molecular complexity index is 400. The number of piperazine rings is 1. The highest BCUT2D eigenvalue weighted by atomic mass is 32.2. The number of sulfonamides is 1. The highest BCUT2D eigenvalue weighted by Crippen LogP contribution is 2.09. The molecule has 7 heteroatoms. The molecule has 1 unspecified atom stereocenters. The van der Waals surface area contributed by atoms with Gasteiger partial charge >= 0.3 is 0 Å². The van der Waals surface area contributed by atoms with Gasteiger partial charge in [-0.25, -0.2) is 8.42 Å². The van der Waals surface area contributed by atoms with Crippen LogP contribution < -0.4 is 0 Å². The Kier molecular flexibility index (Phi) is 5.76. The summed E-state index contributed by atoms with van der Waals surface area (Å²) in [6, 6.07) is 0. The molecule has 112 valence electrons. The molecular weight excluding hydrogens is 268 g/mol. The van der Waals surface area contributed by atoms with Gasteiger partial charge in [-0.2, -0.15) is 4.31 Å². The lowest BCUT2D eigenvalue weighted by Gasteiger charge is -2.34. The van der Waals surface area contributed by atoms with Gasteiger partial charge in [0.2, 0.25) is 10.0 Å². The monoisotopic (exact) mass is 292 g/mol. The minimum atomic E-state index is -3.15. The second-order valence-corrected chi connectivity index (χ2v) is 7.34. The molecule has 1 aliphatic heterocycles. The largest absolute Gasteiger partial charge is 0.368 e. The maximum absolute atomic E-state index is 12.1. The number of hydrogen-bond acceptors (Lipinski definition) is 4. The number of ether oxygens (including phenoxy) is 1. The predicted molar refractivity (Wildman–Crippen MR) is 73.2 cm³/mol. The summed E-state index contributed by atoms with van der Waals surface area (Å²) in [5.74, 6) is 0.325. The first-order valence-electron chi connectivity index (χ1n) is 6.57.